The summed E-state index contributed by atoms with van der Waals surface area (Å²) in [7, 11) is -1.70. The van der Waals surface area contributed by atoms with E-state index in [0.717, 1.165) is 5.56 Å². The molecule has 0 radical (unpaired) electrons. The van der Waals surface area contributed by atoms with Crippen LogP contribution in [0.5, 0.6) is 0 Å². The molecule has 0 unspecified atom stereocenters. The maximum Gasteiger partial charge on any atom is 0.186 e. The molecule has 0 aliphatic carbocycles. The van der Waals surface area contributed by atoms with Crippen LogP contribution in [0.15, 0.2) is 24.3 Å². The predicted octanol–water partition coefficient (Wildman–Crippen LogP) is 4.40. The minimum atomic E-state index is -1.70. The summed E-state index contributed by atoms with van der Waals surface area (Å²) in [6, 6.07) is 10.4. The van der Waals surface area contributed by atoms with Gasteiger partial charge in [-0.25, -0.2) is 0 Å². The number of hydrogen-bond donors (Lipinski definition) is 0. The van der Waals surface area contributed by atoms with Crippen molar-refractivity contribution >= 4 is 8.32 Å². The highest BCUT2D eigenvalue weighted by Crippen LogP contribution is 2.26. The maximum absolute atomic E-state index is 9.22. The van der Waals surface area contributed by atoms with Crippen molar-refractivity contribution < 1.29 is 4.43 Å². The Morgan fingerprint density at radius 3 is 1.94 bits per heavy atom. The number of nitriles is 1. The summed E-state index contributed by atoms with van der Waals surface area (Å²) in [4.78, 5) is 0. The fourth-order valence-corrected chi connectivity index (χ4v) is 2.58. The van der Waals surface area contributed by atoms with Gasteiger partial charge < -0.3 is 4.43 Å². The van der Waals surface area contributed by atoms with Gasteiger partial charge in [0.2, 0.25) is 0 Å². The Bertz CT molecular complexity index is 432. The number of hydrogen-bond acceptors (Lipinski definition) is 2. The molecule has 0 spiro atoms. The van der Waals surface area contributed by atoms with Crippen LogP contribution in [0.25, 0.3) is 0 Å². The maximum atomic E-state index is 9.22. The van der Waals surface area contributed by atoms with E-state index in [1.165, 1.54) is 5.56 Å². The van der Waals surface area contributed by atoms with E-state index >= 15 is 0 Å². The molecule has 0 fully saturated rings. The molecule has 0 aliphatic rings. The van der Waals surface area contributed by atoms with E-state index in [4.69, 9.17) is 4.43 Å². The molecule has 3 heteroatoms. The van der Waals surface area contributed by atoms with Gasteiger partial charge >= 0.3 is 0 Å². The first-order valence-electron chi connectivity index (χ1n) is 6.31. The van der Waals surface area contributed by atoms with Crippen LogP contribution < -0.4 is 0 Å². The highest BCUT2D eigenvalue weighted by molar-refractivity contribution is 6.69. The summed E-state index contributed by atoms with van der Waals surface area (Å²) in [5.41, 5.74) is 2.36. The van der Waals surface area contributed by atoms with Crippen molar-refractivity contribution in [1.82, 2.24) is 0 Å². The molecule has 98 valence electrons. The van der Waals surface area contributed by atoms with E-state index in [9.17, 15) is 5.26 Å². The van der Waals surface area contributed by atoms with Crippen molar-refractivity contribution in [2.24, 2.45) is 0 Å². The minimum absolute atomic E-state index is 0.139. The van der Waals surface area contributed by atoms with E-state index in [-0.39, 0.29) is 5.41 Å². The molecular weight excluding hydrogens is 238 g/mol. The Morgan fingerprint density at radius 1 is 1.11 bits per heavy atom. The van der Waals surface area contributed by atoms with Gasteiger partial charge in [-0.05, 0) is 36.2 Å². The summed E-state index contributed by atoms with van der Waals surface area (Å²) in [5, 5.41) is 9.22. The molecule has 1 atom stereocenters. The molecule has 0 aliphatic heterocycles. The van der Waals surface area contributed by atoms with Crippen molar-refractivity contribution in [2.75, 3.05) is 0 Å². The van der Waals surface area contributed by atoms with Gasteiger partial charge in [0.15, 0.2) is 14.4 Å². The van der Waals surface area contributed by atoms with Gasteiger partial charge in [-0.2, -0.15) is 5.26 Å². The molecule has 0 heterocycles. The van der Waals surface area contributed by atoms with Crippen molar-refractivity contribution in [1.29, 1.82) is 5.26 Å². The largest absolute Gasteiger partial charge is 0.399 e. The minimum Gasteiger partial charge on any atom is -0.399 e. The van der Waals surface area contributed by atoms with Gasteiger partial charge in [0, 0.05) is 0 Å². The van der Waals surface area contributed by atoms with Crippen molar-refractivity contribution in [3.05, 3.63) is 35.4 Å². The lowest BCUT2D eigenvalue weighted by atomic mass is 9.86. The first kappa shape index (κ1) is 14.9. The summed E-state index contributed by atoms with van der Waals surface area (Å²) >= 11 is 0. The van der Waals surface area contributed by atoms with E-state index < -0.39 is 14.4 Å². The Morgan fingerprint density at radius 2 is 1.61 bits per heavy atom. The van der Waals surface area contributed by atoms with Gasteiger partial charge in [-0.1, -0.05) is 45.0 Å². The highest BCUT2D eigenvalue weighted by atomic mass is 28.4. The van der Waals surface area contributed by atoms with Crippen LogP contribution in [0.3, 0.4) is 0 Å². The highest BCUT2D eigenvalue weighted by Gasteiger charge is 2.22. The third-order valence-corrected chi connectivity index (χ3v) is 3.61. The van der Waals surface area contributed by atoms with Gasteiger partial charge in [0.25, 0.3) is 0 Å². The molecule has 1 aromatic rings. The smallest absolute Gasteiger partial charge is 0.186 e. The lowest BCUT2D eigenvalue weighted by Gasteiger charge is -2.23. The average Bonchev–Trinajstić information content (AvgIpc) is 2.24. The summed E-state index contributed by atoms with van der Waals surface area (Å²) in [6.45, 7) is 12.8. The van der Waals surface area contributed by atoms with Gasteiger partial charge in [0.05, 0.1) is 6.07 Å². The number of rotatable bonds is 3. The second kappa shape index (κ2) is 5.25. The fraction of sp³-hybridized carbons (Fsp3) is 0.533. The Labute approximate surface area is 112 Å². The summed E-state index contributed by atoms with van der Waals surface area (Å²) < 4.78 is 5.88. The van der Waals surface area contributed by atoms with Crippen LogP contribution in [-0.4, -0.2) is 8.32 Å². The Balaban J connectivity index is 2.94. The van der Waals surface area contributed by atoms with E-state index in [1.54, 1.807) is 0 Å². The Kier molecular flexibility index (Phi) is 4.36. The second-order valence-corrected chi connectivity index (χ2v) is 11.1. The zero-order chi connectivity index (χ0) is 14.0. The molecule has 18 heavy (non-hydrogen) atoms. The quantitative estimate of drug-likeness (QED) is 0.755. The molecule has 0 saturated carbocycles. The predicted molar refractivity (Wildman–Crippen MR) is 77.9 cm³/mol. The molecule has 1 aromatic carbocycles. The molecule has 0 aromatic heterocycles. The van der Waals surface area contributed by atoms with Crippen LogP contribution in [-0.2, 0) is 9.84 Å². The van der Waals surface area contributed by atoms with Crippen LogP contribution in [0, 0.1) is 11.3 Å². The molecule has 0 amide bonds. The molecule has 1 rings (SSSR count). The molecule has 0 saturated heterocycles. The SMILES string of the molecule is CC(C)(C)c1ccc([C@H](C#N)O[Si](C)(C)C)cc1. The normalized spacial score (nSPS) is 14.1. The van der Waals surface area contributed by atoms with Crippen molar-refractivity contribution in [3.63, 3.8) is 0 Å². The average molecular weight is 261 g/mol. The summed E-state index contributed by atoms with van der Waals surface area (Å²) in [6.07, 6.45) is -0.439. The third-order valence-electron chi connectivity index (χ3n) is 2.67. The first-order valence-corrected chi connectivity index (χ1v) is 9.72. The fourth-order valence-electron chi connectivity index (χ4n) is 1.68. The van der Waals surface area contributed by atoms with Gasteiger partial charge in [0.1, 0.15) is 0 Å². The van der Waals surface area contributed by atoms with Gasteiger partial charge in [-0.3, -0.25) is 0 Å². The number of benzene rings is 1. The topological polar surface area (TPSA) is 33.0 Å². The van der Waals surface area contributed by atoms with E-state index in [0.29, 0.717) is 0 Å². The lowest BCUT2D eigenvalue weighted by Crippen LogP contribution is -2.27. The van der Waals surface area contributed by atoms with Crippen LogP contribution in [0.4, 0.5) is 0 Å². The lowest BCUT2D eigenvalue weighted by molar-refractivity contribution is 0.255. The molecule has 0 N–H and O–H groups in total. The second-order valence-electron chi connectivity index (χ2n) is 6.61. The molecule has 2 nitrogen and oxygen atoms in total. The zero-order valence-electron chi connectivity index (χ0n) is 12.2. The van der Waals surface area contributed by atoms with Gasteiger partial charge in [-0.15, -0.1) is 0 Å². The number of nitrogens with zero attached hydrogens (tertiary/aromatic N) is 1. The first-order chi connectivity index (χ1) is 8.13. The third kappa shape index (κ3) is 4.28. The van der Waals surface area contributed by atoms with Crippen LogP contribution in [0.1, 0.15) is 38.0 Å². The van der Waals surface area contributed by atoms with Crippen molar-refractivity contribution in [3.8, 4) is 6.07 Å². The Hall–Kier alpha value is -1.11. The molecule has 0 bridgehead atoms. The zero-order valence-corrected chi connectivity index (χ0v) is 13.2. The van der Waals surface area contributed by atoms with Crippen LogP contribution in [0.2, 0.25) is 19.6 Å². The van der Waals surface area contributed by atoms with E-state index in [2.05, 4.69) is 58.6 Å². The summed E-state index contributed by atoms with van der Waals surface area (Å²) in [5.74, 6) is 0. The van der Waals surface area contributed by atoms with Crippen LogP contribution >= 0.6 is 0 Å². The van der Waals surface area contributed by atoms with Crippen molar-refractivity contribution in [2.45, 2.75) is 51.9 Å². The standard InChI is InChI=1S/C15H23NOSi/c1-15(2,3)13-9-7-12(8-10-13)14(11-16)17-18(4,5)6/h7-10,14H,1-6H3/t14-/m0/s1. The monoisotopic (exact) mass is 261 g/mol. The molecular formula is C15H23NOSi. The van der Waals surface area contributed by atoms with E-state index in [1.807, 2.05) is 12.1 Å².